The number of rotatable bonds is 4. The average molecular weight is 371 g/mol. The van der Waals surface area contributed by atoms with Gasteiger partial charge in [0.15, 0.2) is 0 Å². The van der Waals surface area contributed by atoms with E-state index in [1.165, 1.54) is 12.1 Å². The molecule has 0 fully saturated rings. The van der Waals surface area contributed by atoms with Gasteiger partial charge < -0.3 is 4.42 Å². The first-order valence-corrected chi connectivity index (χ1v) is 7.92. The van der Waals surface area contributed by atoms with Crippen molar-refractivity contribution in [3.05, 3.63) is 40.5 Å². The molecule has 0 N–H and O–H groups in total. The SMILES string of the molecule is CCCc1nn(C)c(-c2nnc(-c3ccc(C(F)(F)F)cc3)o2)c1Cl. The van der Waals surface area contributed by atoms with E-state index in [4.69, 9.17) is 16.0 Å². The Morgan fingerprint density at radius 1 is 1.12 bits per heavy atom. The highest BCUT2D eigenvalue weighted by molar-refractivity contribution is 6.33. The normalized spacial score (nSPS) is 11.9. The standard InChI is InChI=1S/C16H14ClF3N4O/c1-3-4-11-12(17)13(24(2)23-11)15-22-21-14(25-15)9-5-7-10(8-6-9)16(18,19)20/h5-8H,3-4H2,1-2H3. The molecule has 0 saturated heterocycles. The zero-order valence-corrected chi connectivity index (χ0v) is 14.2. The first-order valence-electron chi connectivity index (χ1n) is 7.54. The summed E-state index contributed by atoms with van der Waals surface area (Å²) in [5, 5.41) is 12.6. The van der Waals surface area contributed by atoms with Crippen molar-refractivity contribution in [2.75, 3.05) is 0 Å². The molecule has 0 aliphatic carbocycles. The molecule has 0 amide bonds. The number of hydrogen-bond acceptors (Lipinski definition) is 4. The zero-order valence-electron chi connectivity index (χ0n) is 13.4. The number of nitrogens with zero attached hydrogens (tertiary/aromatic N) is 4. The fraction of sp³-hybridized carbons (Fsp3) is 0.312. The molecule has 2 aromatic heterocycles. The fourth-order valence-corrected chi connectivity index (χ4v) is 2.76. The van der Waals surface area contributed by atoms with Gasteiger partial charge in [0, 0.05) is 12.6 Å². The van der Waals surface area contributed by atoms with E-state index in [1.54, 1.807) is 11.7 Å². The van der Waals surface area contributed by atoms with Gasteiger partial charge >= 0.3 is 6.18 Å². The van der Waals surface area contributed by atoms with Crippen molar-refractivity contribution < 1.29 is 17.6 Å². The molecule has 2 heterocycles. The van der Waals surface area contributed by atoms with Gasteiger partial charge in [-0.2, -0.15) is 18.3 Å². The summed E-state index contributed by atoms with van der Waals surface area (Å²) in [4.78, 5) is 0. The van der Waals surface area contributed by atoms with E-state index in [1.807, 2.05) is 6.92 Å². The molecular formula is C16H14ClF3N4O. The lowest BCUT2D eigenvalue weighted by atomic mass is 10.1. The minimum Gasteiger partial charge on any atom is -0.415 e. The van der Waals surface area contributed by atoms with Crippen LogP contribution in [-0.2, 0) is 19.6 Å². The molecule has 0 atom stereocenters. The molecule has 3 aromatic rings. The number of aromatic nitrogens is 4. The van der Waals surface area contributed by atoms with Gasteiger partial charge in [-0.25, -0.2) is 0 Å². The predicted molar refractivity (Wildman–Crippen MR) is 85.9 cm³/mol. The zero-order chi connectivity index (χ0) is 18.2. The number of aryl methyl sites for hydroxylation is 2. The summed E-state index contributed by atoms with van der Waals surface area (Å²) in [5.74, 6) is 0.273. The van der Waals surface area contributed by atoms with E-state index in [0.717, 1.165) is 24.2 Å². The van der Waals surface area contributed by atoms with Crippen LogP contribution in [-0.4, -0.2) is 20.0 Å². The van der Waals surface area contributed by atoms with Crippen LogP contribution in [0.3, 0.4) is 0 Å². The number of halogens is 4. The van der Waals surface area contributed by atoms with E-state index in [0.29, 0.717) is 22.7 Å². The molecule has 1 aromatic carbocycles. The third-order valence-electron chi connectivity index (χ3n) is 3.63. The van der Waals surface area contributed by atoms with E-state index < -0.39 is 11.7 Å². The summed E-state index contributed by atoms with van der Waals surface area (Å²) in [6.07, 6.45) is -2.79. The summed E-state index contributed by atoms with van der Waals surface area (Å²) < 4.78 is 45.0. The second-order valence-corrected chi connectivity index (χ2v) is 5.85. The van der Waals surface area contributed by atoms with Gasteiger partial charge in [0.05, 0.1) is 16.3 Å². The molecule has 0 saturated carbocycles. The monoisotopic (exact) mass is 370 g/mol. The van der Waals surface area contributed by atoms with Gasteiger partial charge in [-0.1, -0.05) is 24.9 Å². The molecule has 25 heavy (non-hydrogen) atoms. The maximum Gasteiger partial charge on any atom is 0.416 e. The van der Waals surface area contributed by atoms with Gasteiger partial charge in [-0.05, 0) is 30.7 Å². The smallest absolute Gasteiger partial charge is 0.415 e. The van der Waals surface area contributed by atoms with Crippen molar-refractivity contribution in [3.63, 3.8) is 0 Å². The highest BCUT2D eigenvalue weighted by Gasteiger charge is 2.30. The minimum atomic E-state index is -4.39. The summed E-state index contributed by atoms with van der Waals surface area (Å²) in [5.41, 5.74) is 0.862. The quantitative estimate of drug-likeness (QED) is 0.664. The molecule has 0 aliphatic heterocycles. The fourth-order valence-electron chi connectivity index (χ4n) is 2.42. The first-order chi connectivity index (χ1) is 11.8. The molecule has 3 rings (SSSR count). The average Bonchev–Trinajstić information content (AvgIpc) is 3.12. The number of hydrogen-bond donors (Lipinski definition) is 0. The van der Waals surface area contributed by atoms with Gasteiger partial charge in [0.2, 0.25) is 5.89 Å². The van der Waals surface area contributed by atoms with Crippen molar-refractivity contribution in [1.29, 1.82) is 0 Å². The lowest BCUT2D eigenvalue weighted by molar-refractivity contribution is -0.137. The third kappa shape index (κ3) is 3.39. The van der Waals surface area contributed by atoms with Crippen molar-refractivity contribution in [2.45, 2.75) is 25.9 Å². The summed E-state index contributed by atoms with van der Waals surface area (Å²) in [6.45, 7) is 2.01. The number of benzene rings is 1. The highest BCUT2D eigenvalue weighted by Crippen LogP contribution is 2.33. The van der Waals surface area contributed by atoms with Gasteiger partial charge in [-0.3, -0.25) is 4.68 Å². The van der Waals surface area contributed by atoms with Crippen molar-refractivity contribution in [1.82, 2.24) is 20.0 Å². The second-order valence-electron chi connectivity index (χ2n) is 5.47. The lowest BCUT2D eigenvalue weighted by Crippen LogP contribution is -2.03. The van der Waals surface area contributed by atoms with Crippen LogP contribution in [0, 0.1) is 0 Å². The Morgan fingerprint density at radius 3 is 2.36 bits per heavy atom. The minimum absolute atomic E-state index is 0.109. The van der Waals surface area contributed by atoms with Crippen molar-refractivity contribution in [2.24, 2.45) is 7.05 Å². The van der Waals surface area contributed by atoms with Crippen LogP contribution in [0.4, 0.5) is 13.2 Å². The topological polar surface area (TPSA) is 56.7 Å². The summed E-state index contributed by atoms with van der Waals surface area (Å²) >= 11 is 6.33. The number of alkyl halides is 3. The van der Waals surface area contributed by atoms with Gasteiger partial charge in [0.1, 0.15) is 5.69 Å². The maximum atomic E-state index is 12.6. The molecule has 5 nitrogen and oxygen atoms in total. The van der Waals surface area contributed by atoms with Crippen molar-refractivity contribution >= 4 is 11.6 Å². The Bertz CT molecular complexity index is 884. The lowest BCUT2D eigenvalue weighted by Gasteiger charge is -2.05. The van der Waals surface area contributed by atoms with Crippen LogP contribution < -0.4 is 0 Å². The molecule has 0 aliphatic rings. The molecule has 0 bridgehead atoms. The molecule has 0 unspecified atom stereocenters. The van der Waals surface area contributed by atoms with E-state index in [-0.39, 0.29) is 11.8 Å². The van der Waals surface area contributed by atoms with Crippen molar-refractivity contribution in [3.8, 4) is 23.0 Å². The van der Waals surface area contributed by atoms with Crippen LogP contribution in [0.1, 0.15) is 24.6 Å². The Morgan fingerprint density at radius 2 is 1.76 bits per heavy atom. The van der Waals surface area contributed by atoms with Gasteiger partial charge in [-0.15, -0.1) is 10.2 Å². The molecule has 132 valence electrons. The van der Waals surface area contributed by atoms with Crippen LogP contribution in [0.2, 0.25) is 5.02 Å². The van der Waals surface area contributed by atoms with Crippen LogP contribution in [0.25, 0.3) is 23.0 Å². The Balaban J connectivity index is 1.93. The van der Waals surface area contributed by atoms with Gasteiger partial charge in [0.25, 0.3) is 5.89 Å². The summed E-state index contributed by atoms with van der Waals surface area (Å²) in [6, 6.07) is 4.51. The molecule has 0 spiro atoms. The Labute approximate surface area is 146 Å². The maximum absolute atomic E-state index is 12.6. The van der Waals surface area contributed by atoms with Crippen LogP contribution in [0.15, 0.2) is 28.7 Å². The molecule has 9 heteroatoms. The van der Waals surface area contributed by atoms with E-state index in [9.17, 15) is 13.2 Å². The molecular weight excluding hydrogens is 357 g/mol. The van der Waals surface area contributed by atoms with E-state index in [2.05, 4.69) is 15.3 Å². The largest absolute Gasteiger partial charge is 0.416 e. The van der Waals surface area contributed by atoms with E-state index >= 15 is 0 Å². The highest BCUT2D eigenvalue weighted by atomic mass is 35.5. The summed E-state index contributed by atoms with van der Waals surface area (Å²) in [7, 11) is 1.71. The third-order valence-corrected chi connectivity index (χ3v) is 4.03. The predicted octanol–water partition coefficient (Wildman–Crippen LogP) is 4.76. The second kappa shape index (κ2) is 6.51. The first kappa shape index (κ1) is 17.5. The van der Waals surface area contributed by atoms with Crippen LogP contribution in [0.5, 0.6) is 0 Å². The van der Waals surface area contributed by atoms with Crippen LogP contribution >= 0.6 is 11.6 Å². The Kier molecular flexibility index (Phi) is 4.55. The molecule has 0 radical (unpaired) electrons. The Hall–Kier alpha value is -2.35.